The summed E-state index contributed by atoms with van der Waals surface area (Å²) in [6.07, 6.45) is 2.33. The van der Waals surface area contributed by atoms with Crippen molar-refractivity contribution in [2.45, 2.75) is 51.2 Å². The van der Waals surface area contributed by atoms with E-state index in [1.807, 2.05) is 28.5 Å². The summed E-state index contributed by atoms with van der Waals surface area (Å²) in [7, 11) is 1.73. The highest BCUT2D eigenvalue weighted by molar-refractivity contribution is 7.10. The van der Waals surface area contributed by atoms with Crippen LogP contribution in [0.3, 0.4) is 0 Å². The number of ether oxygens (including phenoxy) is 1. The number of amides is 2. The number of thiazole rings is 1. The first-order chi connectivity index (χ1) is 18.4. The molecule has 2 amide bonds. The standard InChI is InChI=1S/C29H35FN4O3S/c1-17-10-13-34(29(36)25(19-11-14-37-15-12-19)33-27(35)18(2)31-3)26(17)28-32-24(16-38-28)22-8-9-23(30)21-7-5-4-6-20(21)22/h4-9,16-19,25-26,31H,10-15H2,1-3H3,(H,33,35)/t17-,18-,25-,26-/m0/s1. The molecule has 0 bridgehead atoms. The van der Waals surface area contributed by atoms with E-state index in [1.54, 1.807) is 26.1 Å². The van der Waals surface area contributed by atoms with Crippen LogP contribution in [0.2, 0.25) is 0 Å². The lowest BCUT2D eigenvalue weighted by molar-refractivity contribution is -0.140. The van der Waals surface area contributed by atoms with Gasteiger partial charge in [-0.25, -0.2) is 9.37 Å². The van der Waals surface area contributed by atoms with Crippen LogP contribution in [0.1, 0.15) is 44.2 Å². The van der Waals surface area contributed by atoms with E-state index < -0.39 is 12.1 Å². The smallest absolute Gasteiger partial charge is 0.246 e. The lowest BCUT2D eigenvalue weighted by Gasteiger charge is -2.35. The summed E-state index contributed by atoms with van der Waals surface area (Å²) >= 11 is 1.53. The maximum absolute atomic E-state index is 14.4. The Morgan fingerprint density at radius 2 is 1.87 bits per heavy atom. The summed E-state index contributed by atoms with van der Waals surface area (Å²) in [5.74, 6) is -0.231. The Morgan fingerprint density at radius 3 is 2.61 bits per heavy atom. The fraction of sp³-hybridized carbons (Fsp3) is 0.483. The molecule has 0 spiro atoms. The molecule has 7 nitrogen and oxygen atoms in total. The Morgan fingerprint density at radius 1 is 1.13 bits per heavy atom. The quantitative estimate of drug-likeness (QED) is 0.462. The van der Waals surface area contributed by atoms with Gasteiger partial charge in [-0.1, -0.05) is 31.2 Å². The number of hydrogen-bond donors (Lipinski definition) is 2. The third-order valence-electron chi connectivity index (χ3n) is 8.03. The lowest BCUT2D eigenvalue weighted by Crippen LogP contribution is -2.56. The van der Waals surface area contributed by atoms with Crippen LogP contribution in [0.25, 0.3) is 22.0 Å². The number of benzene rings is 2. The van der Waals surface area contributed by atoms with Gasteiger partial charge in [-0.05, 0) is 62.6 Å². The Balaban J connectivity index is 1.44. The number of carbonyl (C=O) groups is 2. The monoisotopic (exact) mass is 538 g/mol. The van der Waals surface area contributed by atoms with Crippen LogP contribution >= 0.6 is 11.3 Å². The fourth-order valence-electron chi connectivity index (χ4n) is 5.62. The molecule has 2 aliphatic rings. The van der Waals surface area contributed by atoms with Crippen molar-refractivity contribution in [3.63, 3.8) is 0 Å². The third-order valence-corrected chi connectivity index (χ3v) is 8.95. The molecule has 4 atom stereocenters. The summed E-state index contributed by atoms with van der Waals surface area (Å²) in [4.78, 5) is 33.8. The predicted octanol–water partition coefficient (Wildman–Crippen LogP) is 4.53. The van der Waals surface area contributed by atoms with Gasteiger partial charge in [0, 0.05) is 36.1 Å². The predicted molar refractivity (Wildman–Crippen MR) is 147 cm³/mol. The zero-order valence-corrected chi connectivity index (χ0v) is 22.9. The second kappa shape index (κ2) is 11.5. The molecule has 2 aliphatic heterocycles. The van der Waals surface area contributed by atoms with Crippen molar-refractivity contribution in [2.75, 3.05) is 26.8 Å². The van der Waals surface area contributed by atoms with Crippen molar-refractivity contribution in [3.05, 3.63) is 52.6 Å². The topological polar surface area (TPSA) is 83.6 Å². The highest BCUT2D eigenvalue weighted by Crippen LogP contribution is 2.41. The van der Waals surface area contributed by atoms with Gasteiger partial charge in [-0.3, -0.25) is 9.59 Å². The molecule has 0 radical (unpaired) electrons. The van der Waals surface area contributed by atoms with Crippen molar-refractivity contribution < 1.29 is 18.7 Å². The van der Waals surface area contributed by atoms with E-state index in [-0.39, 0.29) is 35.5 Å². The van der Waals surface area contributed by atoms with Crippen molar-refractivity contribution in [3.8, 4) is 11.3 Å². The van der Waals surface area contributed by atoms with Crippen LogP contribution in [-0.2, 0) is 14.3 Å². The fourth-order valence-corrected chi connectivity index (χ4v) is 6.68. The Kier molecular flexibility index (Phi) is 8.07. The van der Waals surface area contributed by atoms with Crippen LogP contribution in [0.5, 0.6) is 0 Å². The minimum Gasteiger partial charge on any atom is -0.381 e. The van der Waals surface area contributed by atoms with Crippen LogP contribution in [0, 0.1) is 17.7 Å². The van der Waals surface area contributed by atoms with Crippen LogP contribution in [0.15, 0.2) is 41.8 Å². The number of aromatic nitrogens is 1. The maximum Gasteiger partial charge on any atom is 0.246 e. The largest absolute Gasteiger partial charge is 0.381 e. The number of likely N-dealkylation sites (tertiary alicyclic amines) is 1. The van der Waals surface area contributed by atoms with Gasteiger partial charge in [0.15, 0.2) is 0 Å². The summed E-state index contributed by atoms with van der Waals surface area (Å²) in [5, 5.41) is 10.3. The second-order valence-electron chi connectivity index (χ2n) is 10.4. The van der Waals surface area contributed by atoms with Crippen LogP contribution in [-0.4, -0.2) is 60.6 Å². The second-order valence-corrected chi connectivity index (χ2v) is 11.3. The number of hydrogen-bond acceptors (Lipinski definition) is 6. The number of nitrogens with zero attached hydrogens (tertiary/aromatic N) is 2. The molecule has 202 valence electrons. The van der Waals surface area contributed by atoms with Gasteiger partial charge >= 0.3 is 0 Å². The zero-order chi connectivity index (χ0) is 26.8. The average Bonchev–Trinajstić information content (AvgIpc) is 3.58. The van der Waals surface area contributed by atoms with Gasteiger partial charge in [0.2, 0.25) is 11.8 Å². The van der Waals surface area contributed by atoms with Gasteiger partial charge in [0.1, 0.15) is 16.9 Å². The highest BCUT2D eigenvalue weighted by Gasteiger charge is 2.43. The Bertz CT molecular complexity index is 1310. The van der Waals surface area contributed by atoms with E-state index in [0.717, 1.165) is 40.9 Å². The molecule has 0 unspecified atom stereocenters. The molecule has 2 aromatic carbocycles. The number of nitrogens with one attached hydrogen (secondary N) is 2. The SMILES string of the molecule is CN[C@@H](C)C(=O)N[C@H](C(=O)N1CC[C@H](C)[C@H]1c1nc(-c2ccc(F)c3ccccc23)cs1)C1CCOCC1. The van der Waals surface area contributed by atoms with Crippen LogP contribution in [0.4, 0.5) is 4.39 Å². The molecule has 1 aromatic heterocycles. The zero-order valence-electron chi connectivity index (χ0n) is 22.1. The highest BCUT2D eigenvalue weighted by atomic mass is 32.1. The van der Waals surface area contributed by atoms with Crippen LogP contribution < -0.4 is 10.6 Å². The van der Waals surface area contributed by atoms with E-state index in [1.165, 1.54) is 17.4 Å². The average molecular weight is 539 g/mol. The van der Waals surface area contributed by atoms with Crippen molar-refractivity contribution in [1.29, 1.82) is 0 Å². The molecule has 2 saturated heterocycles. The Hall–Kier alpha value is -2.88. The number of fused-ring (bicyclic) bond motifs is 1. The molecular weight excluding hydrogens is 503 g/mol. The van der Waals surface area contributed by atoms with Gasteiger partial charge in [0.25, 0.3) is 0 Å². The summed E-state index contributed by atoms with van der Waals surface area (Å²) in [6.45, 7) is 5.74. The number of rotatable bonds is 7. The minimum atomic E-state index is -0.601. The number of likely N-dealkylation sites (N-methyl/N-ethyl adjacent to an activating group) is 1. The normalized spacial score (nSPS) is 21.9. The summed E-state index contributed by atoms with van der Waals surface area (Å²) in [5.41, 5.74) is 1.66. The molecule has 2 N–H and O–H groups in total. The molecule has 2 fully saturated rings. The van der Waals surface area contributed by atoms with E-state index in [4.69, 9.17) is 9.72 Å². The van der Waals surface area contributed by atoms with Gasteiger partial charge in [0.05, 0.1) is 17.8 Å². The third kappa shape index (κ3) is 5.19. The molecule has 0 saturated carbocycles. The number of carbonyl (C=O) groups excluding carboxylic acids is 2. The number of halogens is 1. The van der Waals surface area contributed by atoms with E-state index >= 15 is 0 Å². The van der Waals surface area contributed by atoms with Crippen molar-refractivity contribution >= 4 is 33.9 Å². The summed E-state index contributed by atoms with van der Waals surface area (Å²) < 4.78 is 19.9. The molecule has 3 heterocycles. The van der Waals surface area contributed by atoms with E-state index in [2.05, 4.69) is 17.6 Å². The summed E-state index contributed by atoms with van der Waals surface area (Å²) in [6, 6.07) is 9.51. The van der Waals surface area contributed by atoms with Crippen molar-refractivity contribution in [1.82, 2.24) is 20.5 Å². The molecule has 0 aliphatic carbocycles. The van der Waals surface area contributed by atoms with E-state index in [9.17, 15) is 14.0 Å². The minimum absolute atomic E-state index is 0.0262. The van der Waals surface area contributed by atoms with Gasteiger partial charge in [-0.15, -0.1) is 11.3 Å². The van der Waals surface area contributed by atoms with Gasteiger partial charge in [-0.2, -0.15) is 0 Å². The van der Waals surface area contributed by atoms with Crippen molar-refractivity contribution in [2.24, 2.45) is 11.8 Å². The first-order valence-corrected chi connectivity index (χ1v) is 14.3. The first-order valence-electron chi connectivity index (χ1n) is 13.4. The lowest BCUT2D eigenvalue weighted by atomic mass is 9.90. The maximum atomic E-state index is 14.4. The molecule has 3 aromatic rings. The van der Waals surface area contributed by atoms with Gasteiger partial charge < -0.3 is 20.3 Å². The first kappa shape index (κ1) is 26.7. The Labute approximate surface area is 226 Å². The molecular formula is C29H35FN4O3S. The molecule has 5 rings (SSSR count). The van der Waals surface area contributed by atoms with E-state index in [0.29, 0.717) is 25.1 Å². The molecule has 38 heavy (non-hydrogen) atoms. The molecule has 9 heteroatoms.